The van der Waals surface area contributed by atoms with Crippen LogP contribution in [0.15, 0.2) is 144 Å². The van der Waals surface area contributed by atoms with E-state index in [4.69, 9.17) is 4.42 Å². The third-order valence-electron chi connectivity index (χ3n) is 7.58. The average Bonchev–Trinajstić information content (AvgIpc) is 3.34. The molecule has 0 fully saturated rings. The fraction of sp³-hybridized carbons (Fsp3) is 0. The van der Waals surface area contributed by atoms with Crippen molar-refractivity contribution in [2.45, 2.75) is 0 Å². The second-order valence-corrected chi connectivity index (χ2v) is 9.81. The summed E-state index contributed by atoms with van der Waals surface area (Å²) in [5.74, 6) is 0. The molecular formula is C36H23NO. The lowest BCUT2D eigenvalue weighted by Crippen LogP contribution is -2.10. The summed E-state index contributed by atoms with van der Waals surface area (Å²) in [6.07, 6.45) is 0. The number of hydrogen-bond donors (Lipinski definition) is 0. The third kappa shape index (κ3) is 3.21. The number of hydrogen-bond acceptors (Lipinski definition) is 2. The minimum absolute atomic E-state index is 0.923. The summed E-state index contributed by atoms with van der Waals surface area (Å²) >= 11 is 0. The Morgan fingerprint density at radius 1 is 0.368 bits per heavy atom. The van der Waals surface area contributed by atoms with Crippen molar-refractivity contribution in [2.75, 3.05) is 4.90 Å². The summed E-state index contributed by atoms with van der Waals surface area (Å²) < 4.78 is 6.16. The van der Waals surface area contributed by atoms with E-state index in [9.17, 15) is 0 Å². The second kappa shape index (κ2) is 8.22. The molecule has 0 amide bonds. The number of furan rings is 1. The molecule has 2 heteroatoms. The van der Waals surface area contributed by atoms with Gasteiger partial charge in [-0.2, -0.15) is 0 Å². The lowest BCUT2D eigenvalue weighted by Gasteiger charge is -2.28. The first-order chi connectivity index (χ1) is 18.8. The number of benzene rings is 7. The summed E-state index contributed by atoms with van der Waals surface area (Å²) in [4.78, 5) is 2.38. The zero-order valence-electron chi connectivity index (χ0n) is 20.6. The van der Waals surface area contributed by atoms with Crippen LogP contribution in [0, 0.1) is 0 Å². The molecule has 0 saturated heterocycles. The molecule has 0 unspecified atom stereocenters. The van der Waals surface area contributed by atoms with Crippen LogP contribution in [0.25, 0.3) is 54.3 Å². The zero-order chi connectivity index (χ0) is 25.1. The molecular weight excluding hydrogens is 462 g/mol. The van der Waals surface area contributed by atoms with Gasteiger partial charge in [-0.25, -0.2) is 0 Å². The van der Waals surface area contributed by atoms with Gasteiger partial charge in [-0.3, -0.25) is 0 Å². The molecule has 1 heterocycles. The monoisotopic (exact) mass is 485 g/mol. The van der Waals surface area contributed by atoms with E-state index in [-0.39, 0.29) is 0 Å². The van der Waals surface area contributed by atoms with Gasteiger partial charge in [0, 0.05) is 27.5 Å². The Bertz CT molecular complexity index is 2140. The van der Waals surface area contributed by atoms with Crippen molar-refractivity contribution in [3.05, 3.63) is 140 Å². The van der Waals surface area contributed by atoms with E-state index in [0.29, 0.717) is 0 Å². The molecule has 0 aliphatic rings. The Balaban J connectivity index is 1.42. The number of rotatable bonds is 3. The average molecular weight is 486 g/mol. The maximum absolute atomic E-state index is 6.16. The lowest BCUT2D eigenvalue weighted by molar-refractivity contribution is 0.669. The van der Waals surface area contributed by atoms with Gasteiger partial charge in [0.05, 0.1) is 5.69 Å². The summed E-state index contributed by atoms with van der Waals surface area (Å²) in [6, 6.07) is 49.7. The molecule has 2 nitrogen and oxygen atoms in total. The molecule has 0 aliphatic carbocycles. The van der Waals surface area contributed by atoms with E-state index >= 15 is 0 Å². The molecule has 178 valence electrons. The second-order valence-electron chi connectivity index (χ2n) is 9.81. The third-order valence-corrected chi connectivity index (χ3v) is 7.58. The van der Waals surface area contributed by atoms with E-state index in [2.05, 4.69) is 132 Å². The van der Waals surface area contributed by atoms with Crippen LogP contribution in [0.5, 0.6) is 0 Å². The van der Waals surface area contributed by atoms with Crippen LogP contribution in [-0.4, -0.2) is 0 Å². The van der Waals surface area contributed by atoms with Gasteiger partial charge in [-0.1, -0.05) is 91.0 Å². The quantitative estimate of drug-likeness (QED) is 0.231. The van der Waals surface area contributed by atoms with E-state index in [0.717, 1.165) is 38.7 Å². The highest BCUT2D eigenvalue weighted by Gasteiger charge is 2.18. The van der Waals surface area contributed by atoms with Gasteiger partial charge < -0.3 is 9.32 Å². The Hall–Kier alpha value is -5.08. The Labute approximate surface area is 220 Å². The molecule has 7 aromatic carbocycles. The number of anilines is 3. The predicted molar refractivity (Wildman–Crippen MR) is 161 cm³/mol. The van der Waals surface area contributed by atoms with Gasteiger partial charge in [0.15, 0.2) is 0 Å². The number of fused-ring (bicyclic) bond motifs is 7. The van der Waals surface area contributed by atoms with E-state index < -0.39 is 0 Å². The van der Waals surface area contributed by atoms with Gasteiger partial charge in [-0.15, -0.1) is 0 Å². The highest BCUT2D eigenvalue weighted by atomic mass is 16.3. The normalized spacial score (nSPS) is 11.7. The Morgan fingerprint density at radius 3 is 1.95 bits per heavy atom. The lowest BCUT2D eigenvalue weighted by atomic mass is 9.98. The molecule has 8 rings (SSSR count). The van der Waals surface area contributed by atoms with Crippen molar-refractivity contribution in [3.8, 4) is 0 Å². The molecule has 0 spiro atoms. The molecule has 0 saturated carbocycles. The molecule has 8 aromatic rings. The van der Waals surface area contributed by atoms with Crippen molar-refractivity contribution >= 4 is 71.3 Å². The maximum Gasteiger partial charge on any atom is 0.136 e. The first kappa shape index (κ1) is 21.0. The van der Waals surface area contributed by atoms with Crippen LogP contribution < -0.4 is 4.90 Å². The zero-order valence-corrected chi connectivity index (χ0v) is 20.6. The van der Waals surface area contributed by atoms with Crippen LogP contribution in [0.3, 0.4) is 0 Å². The highest BCUT2D eigenvalue weighted by Crippen LogP contribution is 2.43. The SMILES string of the molecule is c1ccc(N(c2ccc3cc4oc5ccccc5c4cc3c2)c2cc3ccccc3c3ccccc23)cc1. The minimum Gasteiger partial charge on any atom is -0.456 e. The van der Waals surface area contributed by atoms with Crippen LogP contribution in [-0.2, 0) is 0 Å². The van der Waals surface area contributed by atoms with E-state index in [1.54, 1.807) is 0 Å². The molecule has 0 atom stereocenters. The number of para-hydroxylation sites is 2. The Kier molecular flexibility index (Phi) is 4.55. The highest BCUT2D eigenvalue weighted by molar-refractivity contribution is 6.15. The topological polar surface area (TPSA) is 16.4 Å². The first-order valence-electron chi connectivity index (χ1n) is 12.9. The summed E-state index contributed by atoms with van der Waals surface area (Å²) in [5, 5.41) is 9.63. The van der Waals surface area contributed by atoms with Crippen LogP contribution in [0.2, 0.25) is 0 Å². The van der Waals surface area contributed by atoms with Crippen molar-refractivity contribution in [1.82, 2.24) is 0 Å². The van der Waals surface area contributed by atoms with Gasteiger partial charge in [0.2, 0.25) is 0 Å². The predicted octanol–water partition coefficient (Wildman–Crippen LogP) is 10.5. The van der Waals surface area contributed by atoms with Crippen molar-refractivity contribution in [2.24, 2.45) is 0 Å². The summed E-state index contributed by atoms with van der Waals surface area (Å²) in [5.41, 5.74) is 5.26. The largest absolute Gasteiger partial charge is 0.456 e. The van der Waals surface area contributed by atoms with Crippen molar-refractivity contribution in [3.63, 3.8) is 0 Å². The van der Waals surface area contributed by atoms with E-state index in [1.165, 1.54) is 32.6 Å². The molecule has 0 bridgehead atoms. The molecule has 1 aromatic heterocycles. The van der Waals surface area contributed by atoms with Gasteiger partial charge >= 0.3 is 0 Å². The van der Waals surface area contributed by atoms with Crippen LogP contribution in [0.1, 0.15) is 0 Å². The van der Waals surface area contributed by atoms with Crippen LogP contribution >= 0.6 is 0 Å². The van der Waals surface area contributed by atoms with Crippen LogP contribution in [0.4, 0.5) is 17.1 Å². The molecule has 0 radical (unpaired) electrons. The smallest absolute Gasteiger partial charge is 0.136 e. The van der Waals surface area contributed by atoms with Crippen molar-refractivity contribution < 1.29 is 4.42 Å². The van der Waals surface area contributed by atoms with Gasteiger partial charge in [0.1, 0.15) is 11.2 Å². The maximum atomic E-state index is 6.16. The minimum atomic E-state index is 0.923. The standard InChI is InChI=1S/C36H23NO/c1-2-11-27(12-3-1)37(34-22-25-10-4-5-13-29(25)30-14-6-7-15-31(30)34)28-19-18-24-23-36-33(21-26(24)20-28)32-16-8-9-17-35(32)38-36/h1-23H. The number of nitrogens with zero attached hydrogens (tertiary/aromatic N) is 1. The summed E-state index contributed by atoms with van der Waals surface area (Å²) in [7, 11) is 0. The molecule has 0 aliphatic heterocycles. The van der Waals surface area contributed by atoms with E-state index in [1.807, 2.05) is 12.1 Å². The summed E-state index contributed by atoms with van der Waals surface area (Å²) in [6.45, 7) is 0. The fourth-order valence-electron chi connectivity index (χ4n) is 5.82. The Morgan fingerprint density at radius 2 is 1.08 bits per heavy atom. The molecule has 0 N–H and O–H groups in total. The van der Waals surface area contributed by atoms with Gasteiger partial charge in [-0.05, 0) is 75.5 Å². The fourth-order valence-corrected chi connectivity index (χ4v) is 5.82. The molecule has 38 heavy (non-hydrogen) atoms. The first-order valence-corrected chi connectivity index (χ1v) is 12.9. The van der Waals surface area contributed by atoms with Gasteiger partial charge in [0.25, 0.3) is 0 Å². The van der Waals surface area contributed by atoms with Crippen molar-refractivity contribution in [1.29, 1.82) is 0 Å².